The van der Waals surface area contributed by atoms with Crippen LogP contribution in [0, 0.1) is 5.92 Å². The molecular formula is C11H22N2O2. The average Bonchev–Trinajstić information content (AvgIpc) is 2.17. The zero-order valence-electron chi connectivity index (χ0n) is 9.70. The monoisotopic (exact) mass is 214 g/mol. The molecule has 1 fully saturated rings. The lowest BCUT2D eigenvalue weighted by Crippen LogP contribution is -2.43. The number of nitrogens with zero attached hydrogens (tertiary/aromatic N) is 1. The molecule has 0 bridgehead atoms. The molecule has 1 rings (SSSR count). The predicted molar refractivity (Wildman–Crippen MR) is 59.9 cm³/mol. The highest BCUT2D eigenvalue weighted by molar-refractivity contribution is 5.66. The Morgan fingerprint density at radius 1 is 1.67 bits per heavy atom. The van der Waals surface area contributed by atoms with Crippen LogP contribution in [-0.2, 0) is 4.79 Å². The molecule has 2 N–H and O–H groups in total. The average molecular weight is 214 g/mol. The van der Waals surface area contributed by atoms with E-state index in [2.05, 4.69) is 24.2 Å². The lowest BCUT2D eigenvalue weighted by Gasteiger charge is -2.33. The summed E-state index contributed by atoms with van der Waals surface area (Å²) in [5, 5.41) is 11.8. The van der Waals surface area contributed by atoms with Crippen LogP contribution in [0.1, 0.15) is 26.2 Å². The standard InChI is InChI=1S/C11H22N2O2/c1-9(12-6-5-11(14)15)10-4-3-7-13(2)8-10/h9-10,12H,3-8H2,1-2H3,(H,14,15). The third-order valence-corrected chi connectivity index (χ3v) is 3.17. The summed E-state index contributed by atoms with van der Waals surface area (Å²) in [7, 11) is 2.15. The molecule has 1 aliphatic rings. The molecular weight excluding hydrogens is 192 g/mol. The zero-order chi connectivity index (χ0) is 11.3. The second-order valence-corrected chi connectivity index (χ2v) is 4.55. The third-order valence-electron chi connectivity index (χ3n) is 3.17. The fourth-order valence-electron chi connectivity index (χ4n) is 2.19. The van der Waals surface area contributed by atoms with Gasteiger partial charge in [-0.3, -0.25) is 4.79 Å². The van der Waals surface area contributed by atoms with Gasteiger partial charge in [0.15, 0.2) is 0 Å². The molecule has 4 heteroatoms. The van der Waals surface area contributed by atoms with Crippen LogP contribution in [0.25, 0.3) is 0 Å². The van der Waals surface area contributed by atoms with Crippen LogP contribution < -0.4 is 5.32 Å². The third kappa shape index (κ3) is 4.62. The summed E-state index contributed by atoms with van der Waals surface area (Å²) >= 11 is 0. The van der Waals surface area contributed by atoms with Crippen molar-refractivity contribution >= 4 is 5.97 Å². The molecule has 0 aromatic carbocycles. The van der Waals surface area contributed by atoms with Gasteiger partial charge in [-0.2, -0.15) is 0 Å². The molecule has 0 amide bonds. The van der Waals surface area contributed by atoms with Crippen LogP contribution in [0.15, 0.2) is 0 Å². The van der Waals surface area contributed by atoms with E-state index in [-0.39, 0.29) is 6.42 Å². The molecule has 0 spiro atoms. The molecule has 1 aliphatic heterocycles. The van der Waals surface area contributed by atoms with Gasteiger partial charge in [-0.15, -0.1) is 0 Å². The van der Waals surface area contributed by atoms with E-state index in [1.54, 1.807) is 0 Å². The van der Waals surface area contributed by atoms with E-state index in [9.17, 15) is 4.79 Å². The Labute approximate surface area is 91.6 Å². The topological polar surface area (TPSA) is 52.6 Å². The van der Waals surface area contributed by atoms with Crippen molar-refractivity contribution in [3.63, 3.8) is 0 Å². The van der Waals surface area contributed by atoms with E-state index >= 15 is 0 Å². The summed E-state index contributed by atoms with van der Waals surface area (Å²) < 4.78 is 0. The van der Waals surface area contributed by atoms with Crippen molar-refractivity contribution in [3.8, 4) is 0 Å². The minimum atomic E-state index is -0.726. The minimum absolute atomic E-state index is 0.215. The minimum Gasteiger partial charge on any atom is -0.481 e. The first kappa shape index (κ1) is 12.5. The van der Waals surface area contributed by atoms with Gasteiger partial charge in [-0.05, 0) is 39.3 Å². The van der Waals surface area contributed by atoms with Crippen molar-refractivity contribution in [2.24, 2.45) is 5.92 Å². The van der Waals surface area contributed by atoms with Crippen LogP contribution in [0.5, 0.6) is 0 Å². The Bertz CT molecular complexity index is 209. The van der Waals surface area contributed by atoms with E-state index < -0.39 is 5.97 Å². The first-order valence-electron chi connectivity index (χ1n) is 5.73. The quantitative estimate of drug-likeness (QED) is 0.710. The molecule has 88 valence electrons. The smallest absolute Gasteiger partial charge is 0.304 e. The van der Waals surface area contributed by atoms with Crippen molar-refractivity contribution in [3.05, 3.63) is 0 Å². The number of carboxylic acids is 1. The van der Waals surface area contributed by atoms with Crippen LogP contribution in [0.2, 0.25) is 0 Å². The van der Waals surface area contributed by atoms with Crippen LogP contribution >= 0.6 is 0 Å². The fraction of sp³-hybridized carbons (Fsp3) is 0.909. The second kappa shape index (κ2) is 6.08. The van der Waals surface area contributed by atoms with E-state index in [0.717, 1.165) is 6.54 Å². The van der Waals surface area contributed by atoms with Gasteiger partial charge >= 0.3 is 5.97 Å². The van der Waals surface area contributed by atoms with Gasteiger partial charge in [0.1, 0.15) is 0 Å². The molecule has 4 nitrogen and oxygen atoms in total. The number of carboxylic acid groups (broad SMARTS) is 1. The van der Waals surface area contributed by atoms with E-state index in [1.807, 2.05) is 0 Å². The van der Waals surface area contributed by atoms with Gasteiger partial charge in [0.2, 0.25) is 0 Å². The van der Waals surface area contributed by atoms with Crippen LogP contribution in [0.4, 0.5) is 0 Å². The van der Waals surface area contributed by atoms with Crippen LogP contribution in [0.3, 0.4) is 0 Å². The highest BCUT2D eigenvalue weighted by atomic mass is 16.4. The Kier molecular flexibility index (Phi) is 5.05. The number of aliphatic carboxylic acids is 1. The van der Waals surface area contributed by atoms with Gasteiger partial charge in [-0.25, -0.2) is 0 Å². The molecule has 2 unspecified atom stereocenters. The van der Waals surface area contributed by atoms with Crippen molar-refractivity contribution in [2.45, 2.75) is 32.2 Å². The molecule has 0 aromatic heterocycles. The first-order valence-corrected chi connectivity index (χ1v) is 5.73. The van der Waals surface area contributed by atoms with Gasteiger partial charge < -0.3 is 15.3 Å². The second-order valence-electron chi connectivity index (χ2n) is 4.55. The summed E-state index contributed by atoms with van der Waals surface area (Å²) in [6.07, 6.45) is 2.73. The van der Waals surface area contributed by atoms with Gasteiger partial charge in [0, 0.05) is 19.1 Å². The Morgan fingerprint density at radius 2 is 2.40 bits per heavy atom. The largest absolute Gasteiger partial charge is 0.481 e. The summed E-state index contributed by atoms with van der Waals surface area (Å²) in [6.45, 7) is 5.06. The summed E-state index contributed by atoms with van der Waals surface area (Å²) in [4.78, 5) is 12.7. The summed E-state index contributed by atoms with van der Waals surface area (Å²) in [6, 6.07) is 0.423. The van der Waals surface area contributed by atoms with Gasteiger partial charge in [0.05, 0.1) is 6.42 Å². The molecule has 0 saturated carbocycles. The molecule has 2 atom stereocenters. The lowest BCUT2D eigenvalue weighted by atomic mass is 9.92. The molecule has 1 saturated heterocycles. The number of piperidine rings is 1. The van der Waals surface area contributed by atoms with Crippen molar-refractivity contribution in [2.75, 3.05) is 26.7 Å². The lowest BCUT2D eigenvalue weighted by molar-refractivity contribution is -0.136. The molecule has 1 heterocycles. The number of hydrogen-bond acceptors (Lipinski definition) is 3. The van der Waals surface area contributed by atoms with E-state index in [0.29, 0.717) is 18.5 Å². The zero-order valence-corrected chi connectivity index (χ0v) is 9.70. The molecule has 0 aliphatic carbocycles. The van der Waals surface area contributed by atoms with Crippen molar-refractivity contribution < 1.29 is 9.90 Å². The molecule has 0 aromatic rings. The maximum atomic E-state index is 10.4. The highest BCUT2D eigenvalue weighted by Crippen LogP contribution is 2.18. The number of nitrogens with one attached hydrogen (secondary N) is 1. The van der Waals surface area contributed by atoms with E-state index in [4.69, 9.17) is 5.11 Å². The number of hydrogen-bond donors (Lipinski definition) is 2. The highest BCUT2D eigenvalue weighted by Gasteiger charge is 2.22. The van der Waals surface area contributed by atoms with Crippen LogP contribution in [-0.4, -0.2) is 48.7 Å². The number of likely N-dealkylation sites (tertiary alicyclic amines) is 1. The first-order chi connectivity index (χ1) is 7.09. The number of rotatable bonds is 5. The van der Waals surface area contributed by atoms with Gasteiger partial charge in [-0.1, -0.05) is 0 Å². The Balaban J connectivity index is 2.20. The molecule has 15 heavy (non-hydrogen) atoms. The predicted octanol–water partition coefficient (Wildman–Crippen LogP) is 0.781. The summed E-state index contributed by atoms with van der Waals surface area (Å²) in [5.41, 5.74) is 0. The molecule has 0 radical (unpaired) electrons. The summed E-state index contributed by atoms with van der Waals surface area (Å²) in [5.74, 6) is -0.0620. The van der Waals surface area contributed by atoms with E-state index in [1.165, 1.54) is 19.4 Å². The fourth-order valence-corrected chi connectivity index (χ4v) is 2.19. The Hall–Kier alpha value is -0.610. The maximum absolute atomic E-state index is 10.4. The number of carbonyl (C=O) groups is 1. The SMILES string of the molecule is CC(NCCC(=O)O)C1CCCN(C)C1. The van der Waals surface area contributed by atoms with Gasteiger partial charge in [0.25, 0.3) is 0 Å². The van der Waals surface area contributed by atoms with Crippen molar-refractivity contribution in [1.82, 2.24) is 10.2 Å². The van der Waals surface area contributed by atoms with Crippen molar-refractivity contribution in [1.29, 1.82) is 0 Å². The maximum Gasteiger partial charge on any atom is 0.304 e. The normalized spacial score (nSPS) is 25.1. The Morgan fingerprint density at radius 3 is 3.00 bits per heavy atom.